The van der Waals surface area contributed by atoms with E-state index >= 15 is 0 Å². The van der Waals surface area contributed by atoms with E-state index < -0.39 is 23.7 Å². The molecule has 2 rings (SSSR count). The Labute approximate surface area is 130 Å². The summed E-state index contributed by atoms with van der Waals surface area (Å²) in [6, 6.07) is 9.61. The van der Waals surface area contributed by atoms with Crippen molar-refractivity contribution in [3.8, 4) is 0 Å². The van der Waals surface area contributed by atoms with Crippen molar-refractivity contribution in [1.82, 2.24) is 4.90 Å². The minimum atomic E-state index is -1.48. The number of amides is 1. The molecule has 22 heavy (non-hydrogen) atoms. The summed E-state index contributed by atoms with van der Waals surface area (Å²) >= 11 is 0. The van der Waals surface area contributed by atoms with Crippen LogP contribution in [-0.4, -0.2) is 54.5 Å². The Balaban J connectivity index is 2.22. The summed E-state index contributed by atoms with van der Waals surface area (Å²) < 4.78 is 15.7. The highest BCUT2D eigenvalue weighted by atomic mass is 16.7. The molecule has 0 aliphatic carbocycles. The van der Waals surface area contributed by atoms with E-state index in [1.54, 1.807) is 13.8 Å². The van der Waals surface area contributed by atoms with Gasteiger partial charge in [-0.3, -0.25) is 4.90 Å². The third kappa shape index (κ3) is 2.95. The van der Waals surface area contributed by atoms with Crippen LogP contribution in [-0.2, 0) is 20.6 Å². The first kappa shape index (κ1) is 16.7. The van der Waals surface area contributed by atoms with Gasteiger partial charge in [-0.1, -0.05) is 30.3 Å². The van der Waals surface area contributed by atoms with E-state index in [2.05, 4.69) is 0 Å². The average Bonchev–Trinajstić information content (AvgIpc) is 2.64. The van der Waals surface area contributed by atoms with Gasteiger partial charge in [0.15, 0.2) is 17.6 Å². The van der Waals surface area contributed by atoms with Crippen molar-refractivity contribution in [3.05, 3.63) is 35.9 Å². The van der Waals surface area contributed by atoms with Gasteiger partial charge in [0.2, 0.25) is 0 Å². The second kappa shape index (κ2) is 6.24. The standard InChI is InChI=1S/C16H23NO5/c1-15(10-12-8-6-5-7-9-12)16(2,19)17(14(18)22-15)11-13(20-3)21-4/h5-9,13,19H,10-11H2,1-4H3/t15-,16-/m0/s1. The smallest absolute Gasteiger partial charge is 0.413 e. The van der Waals surface area contributed by atoms with Gasteiger partial charge in [-0.05, 0) is 19.4 Å². The molecule has 1 saturated heterocycles. The van der Waals surface area contributed by atoms with Crippen LogP contribution < -0.4 is 0 Å². The molecule has 1 aromatic carbocycles. The van der Waals surface area contributed by atoms with Crippen LogP contribution in [0.15, 0.2) is 30.3 Å². The minimum absolute atomic E-state index is 0.0865. The fraction of sp³-hybridized carbons (Fsp3) is 0.562. The number of cyclic esters (lactones) is 1. The Kier molecular flexibility index (Phi) is 4.75. The van der Waals surface area contributed by atoms with Crippen LogP contribution in [0.3, 0.4) is 0 Å². The van der Waals surface area contributed by atoms with Gasteiger partial charge in [-0.25, -0.2) is 4.79 Å². The number of benzene rings is 1. The molecule has 1 amide bonds. The summed E-state index contributed by atoms with van der Waals surface area (Å²) in [5.41, 5.74) is -1.55. The van der Waals surface area contributed by atoms with Gasteiger partial charge in [0.05, 0.1) is 6.54 Å². The van der Waals surface area contributed by atoms with E-state index in [9.17, 15) is 9.90 Å². The molecule has 0 spiro atoms. The first-order valence-corrected chi connectivity index (χ1v) is 7.16. The van der Waals surface area contributed by atoms with Crippen LogP contribution in [0.2, 0.25) is 0 Å². The monoisotopic (exact) mass is 309 g/mol. The van der Waals surface area contributed by atoms with Gasteiger partial charge in [-0.15, -0.1) is 0 Å². The van der Waals surface area contributed by atoms with E-state index in [4.69, 9.17) is 14.2 Å². The van der Waals surface area contributed by atoms with Gasteiger partial charge < -0.3 is 19.3 Å². The van der Waals surface area contributed by atoms with Crippen LogP contribution in [0, 0.1) is 0 Å². The zero-order valence-corrected chi connectivity index (χ0v) is 13.4. The first-order chi connectivity index (χ1) is 10.3. The molecule has 6 heteroatoms. The Morgan fingerprint density at radius 1 is 1.23 bits per heavy atom. The predicted octanol–water partition coefficient (Wildman–Crippen LogP) is 1.77. The van der Waals surface area contributed by atoms with Crippen molar-refractivity contribution >= 4 is 6.09 Å². The van der Waals surface area contributed by atoms with Crippen molar-refractivity contribution in [2.75, 3.05) is 20.8 Å². The van der Waals surface area contributed by atoms with Crippen molar-refractivity contribution in [3.63, 3.8) is 0 Å². The fourth-order valence-corrected chi connectivity index (χ4v) is 2.64. The molecule has 1 fully saturated rings. The highest BCUT2D eigenvalue weighted by molar-refractivity contribution is 5.72. The SMILES string of the molecule is COC(CN1C(=O)O[C@@](C)(Cc2ccccc2)[C@]1(C)O)OC. The molecule has 6 nitrogen and oxygen atoms in total. The number of ether oxygens (including phenoxy) is 3. The molecule has 2 atom stereocenters. The Hall–Kier alpha value is -1.63. The Morgan fingerprint density at radius 2 is 1.82 bits per heavy atom. The summed E-state index contributed by atoms with van der Waals surface area (Å²) in [6.45, 7) is 3.39. The van der Waals surface area contributed by atoms with Crippen LogP contribution in [0.4, 0.5) is 4.79 Å². The average molecular weight is 309 g/mol. The summed E-state index contributed by atoms with van der Waals surface area (Å²) in [6.07, 6.45) is -0.797. The lowest BCUT2D eigenvalue weighted by molar-refractivity contribution is -0.168. The maximum absolute atomic E-state index is 12.2. The largest absolute Gasteiger partial charge is 0.438 e. The summed E-state index contributed by atoms with van der Waals surface area (Å²) in [7, 11) is 2.96. The lowest BCUT2D eigenvalue weighted by Gasteiger charge is -2.38. The van der Waals surface area contributed by atoms with E-state index in [0.29, 0.717) is 6.42 Å². The quantitative estimate of drug-likeness (QED) is 0.811. The predicted molar refractivity (Wildman–Crippen MR) is 80.2 cm³/mol. The van der Waals surface area contributed by atoms with Crippen molar-refractivity contribution in [2.24, 2.45) is 0 Å². The van der Waals surface area contributed by atoms with Crippen molar-refractivity contribution in [2.45, 2.75) is 37.9 Å². The number of hydrogen-bond donors (Lipinski definition) is 1. The number of aliphatic hydroxyl groups is 1. The molecule has 122 valence electrons. The third-order valence-corrected chi connectivity index (χ3v) is 4.30. The first-order valence-electron chi connectivity index (χ1n) is 7.16. The summed E-state index contributed by atoms with van der Waals surface area (Å²) in [5, 5.41) is 10.9. The molecular formula is C16H23NO5. The molecule has 0 aromatic heterocycles. The lowest BCUT2D eigenvalue weighted by Crippen LogP contribution is -2.57. The number of hydrogen-bond acceptors (Lipinski definition) is 5. The number of rotatable bonds is 6. The third-order valence-electron chi connectivity index (χ3n) is 4.30. The molecule has 0 bridgehead atoms. The van der Waals surface area contributed by atoms with Gasteiger partial charge >= 0.3 is 6.09 Å². The van der Waals surface area contributed by atoms with Gasteiger partial charge in [0, 0.05) is 20.6 Å². The molecule has 1 aliphatic rings. The van der Waals surface area contributed by atoms with Crippen molar-refractivity contribution < 1.29 is 24.1 Å². The minimum Gasteiger partial charge on any atom is -0.438 e. The lowest BCUT2D eigenvalue weighted by atomic mass is 9.86. The molecule has 0 unspecified atom stereocenters. The molecular weight excluding hydrogens is 286 g/mol. The molecule has 1 aliphatic heterocycles. The molecule has 0 radical (unpaired) electrons. The number of carbonyl (C=O) groups is 1. The van der Waals surface area contributed by atoms with Gasteiger partial charge in [0.1, 0.15) is 0 Å². The fourth-order valence-electron chi connectivity index (χ4n) is 2.64. The normalized spacial score (nSPS) is 28.3. The molecule has 1 aromatic rings. The topological polar surface area (TPSA) is 68.2 Å². The summed E-state index contributed by atoms with van der Waals surface area (Å²) in [4.78, 5) is 13.4. The summed E-state index contributed by atoms with van der Waals surface area (Å²) in [5.74, 6) is 0. The van der Waals surface area contributed by atoms with Crippen LogP contribution >= 0.6 is 0 Å². The second-order valence-corrected chi connectivity index (χ2v) is 5.79. The zero-order chi connectivity index (χ0) is 16.4. The second-order valence-electron chi connectivity index (χ2n) is 5.79. The van der Waals surface area contributed by atoms with Crippen LogP contribution in [0.5, 0.6) is 0 Å². The number of nitrogens with zero attached hydrogens (tertiary/aromatic N) is 1. The maximum atomic E-state index is 12.2. The van der Waals surface area contributed by atoms with Crippen molar-refractivity contribution in [1.29, 1.82) is 0 Å². The van der Waals surface area contributed by atoms with Crippen LogP contribution in [0.1, 0.15) is 19.4 Å². The zero-order valence-electron chi connectivity index (χ0n) is 13.4. The van der Waals surface area contributed by atoms with Crippen LogP contribution in [0.25, 0.3) is 0 Å². The van der Waals surface area contributed by atoms with Gasteiger partial charge in [-0.2, -0.15) is 0 Å². The van der Waals surface area contributed by atoms with E-state index in [-0.39, 0.29) is 6.54 Å². The molecule has 0 saturated carbocycles. The van der Waals surface area contributed by atoms with E-state index in [1.165, 1.54) is 19.1 Å². The Morgan fingerprint density at radius 3 is 2.36 bits per heavy atom. The highest BCUT2D eigenvalue weighted by Crippen LogP contribution is 2.39. The van der Waals surface area contributed by atoms with E-state index in [1.807, 2.05) is 30.3 Å². The van der Waals surface area contributed by atoms with Gasteiger partial charge in [0.25, 0.3) is 0 Å². The highest BCUT2D eigenvalue weighted by Gasteiger charge is 2.59. The number of methoxy groups -OCH3 is 2. The molecule has 1 heterocycles. The van der Waals surface area contributed by atoms with E-state index in [0.717, 1.165) is 5.56 Å². The Bertz CT molecular complexity index is 515. The molecule has 1 N–H and O–H groups in total. The maximum Gasteiger partial charge on any atom is 0.413 e. The number of carbonyl (C=O) groups excluding carboxylic acids is 1.